The minimum atomic E-state index is -4.71. The van der Waals surface area contributed by atoms with Crippen LogP contribution in [0.3, 0.4) is 0 Å². The summed E-state index contributed by atoms with van der Waals surface area (Å²) >= 11 is 0. The number of phosphoric ester groups is 1. The molecule has 0 heterocycles. The highest BCUT2D eigenvalue weighted by Gasteiger charge is 2.27. The maximum absolute atomic E-state index is 13.5. The second-order valence-electron chi connectivity index (χ2n) is 23.3. The van der Waals surface area contributed by atoms with Crippen molar-refractivity contribution in [2.75, 3.05) is 40.9 Å². The number of quaternary nitrogens is 1. The van der Waals surface area contributed by atoms with Gasteiger partial charge in [-0.05, 0) is 102 Å². The van der Waals surface area contributed by atoms with Crippen LogP contribution in [-0.2, 0) is 27.9 Å². The highest BCUT2D eigenvalue weighted by molar-refractivity contribution is 7.45. The lowest BCUT2D eigenvalue weighted by atomic mass is 10.0. The molecular formula is C68H125N2O7P. The van der Waals surface area contributed by atoms with Gasteiger partial charge in [0.2, 0.25) is 5.91 Å². The third kappa shape index (κ3) is 58.1. The van der Waals surface area contributed by atoms with Crippen molar-refractivity contribution >= 4 is 19.7 Å². The van der Waals surface area contributed by atoms with Crippen LogP contribution in [0.2, 0.25) is 0 Å². The van der Waals surface area contributed by atoms with Crippen LogP contribution in [0, 0.1) is 0 Å². The van der Waals surface area contributed by atoms with E-state index in [-0.39, 0.29) is 24.9 Å². The van der Waals surface area contributed by atoms with Gasteiger partial charge >= 0.3 is 5.97 Å². The molecule has 0 fully saturated rings. The van der Waals surface area contributed by atoms with Gasteiger partial charge in [-0.2, -0.15) is 0 Å². The molecule has 0 aromatic carbocycles. The van der Waals surface area contributed by atoms with E-state index in [0.717, 1.165) is 83.5 Å². The summed E-state index contributed by atoms with van der Waals surface area (Å²) in [7, 11) is 1.17. The van der Waals surface area contributed by atoms with E-state index in [4.69, 9.17) is 13.8 Å². The Morgan fingerprint density at radius 3 is 1.19 bits per heavy atom. The summed E-state index contributed by atoms with van der Waals surface area (Å²) in [6.45, 7) is 6.79. The first-order valence-electron chi connectivity index (χ1n) is 32.7. The highest BCUT2D eigenvalue weighted by Crippen LogP contribution is 2.38. The first-order chi connectivity index (χ1) is 37.9. The van der Waals surface area contributed by atoms with Crippen LogP contribution < -0.4 is 10.2 Å². The first kappa shape index (κ1) is 75.5. The van der Waals surface area contributed by atoms with Gasteiger partial charge in [0.15, 0.2) is 0 Å². The van der Waals surface area contributed by atoms with Crippen molar-refractivity contribution in [1.29, 1.82) is 0 Å². The maximum Gasteiger partial charge on any atom is 0.306 e. The summed E-state index contributed by atoms with van der Waals surface area (Å²) in [6, 6.07) is -0.902. The Morgan fingerprint density at radius 1 is 0.449 bits per heavy atom. The van der Waals surface area contributed by atoms with E-state index >= 15 is 0 Å². The van der Waals surface area contributed by atoms with E-state index in [1.54, 1.807) is 0 Å². The zero-order valence-corrected chi connectivity index (χ0v) is 52.8. The molecule has 3 atom stereocenters. The van der Waals surface area contributed by atoms with Gasteiger partial charge in [-0.15, -0.1) is 0 Å². The summed E-state index contributed by atoms with van der Waals surface area (Å²) in [4.78, 5) is 40.0. The van der Waals surface area contributed by atoms with E-state index < -0.39 is 26.6 Å². The van der Waals surface area contributed by atoms with Crippen molar-refractivity contribution in [3.8, 4) is 0 Å². The van der Waals surface area contributed by atoms with E-state index in [2.05, 4.69) is 86.8 Å². The van der Waals surface area contributed by atoms with E-state index in [1.165, 1.54) is 173 Å². The predicted molar refractivity (Wildman–Crippen MR) is 335 cm³/mol. The van der Waals surface area contributed by atoms with Gasteiger partial charge in [-0.25, -0.2) is 0 Å². The highest BCUT2D eigenvalue weighted by atomic mass is 31.2. The number of nitrogens with zero attached hydrogens (tertiary/aromatic N) is 1. The fourth-order valence-corrected chi connectivity index (χ4v) is 9.99. The topological polar surface area (TPSA) is 114 Å². The monoisotopic (exact) mass is 1110 g/mol. The third-order valence-electron chi connectivity index (χ3n) is 14.4. The second kappa shape index (κ2) is 57.7. The van der Waals surface area contributed by atoms with E-state index in [9.17, 15) is 19.0 Å². The fourth-order valence-electron chi connectivity index (χ4n) is 9.27. The quantitative estimate of drug-likeness (QED) is 0.0212. The Bertz CT molecular complexity index is 1570. The molecule has 454 valence electrons. The number of hydrogen-bond acceptors (Lipinski definition) is 7. The van der Waals surface area contributed by atoms with E-state index in [0.29, 0.717) is 23.9 Å². The molecule has 1 amide bonds. The molecule has 78 heavy (non-hydrogen) atoms. The molecule has 0 spiro atoms. The zero-order chi connectivity index (χ0) is 57.2. The molecule has 0 saturated carbocycles. The second-order valence-corrected chi connectivity index (χ2v) is 24.7. The number of allylic oxidation sites excluding steroid dienone is 11. The lowest BCUT2D eigenvalue weighted by Gasteiger charge is -2.30. The van der Waals surface area contributed by atoms with Gasteiger partial charge < -0.3 is 28.5 Å². The van der Waals surface area contributed by atoms with Crippen LogP contribution in [0.15, 0.2) is 72.9 Å². The van der Waals surface area contributed by atoms with Crippen molar-refractivity contribution in [2.45, 2.75) is 309 Å². The molecule has 0 saturated heterocycles. The van der Waals surface area contributed by atoms with Crippen LogP contribution in [0.25, 0.3) is 0 Å². The number of ether oxygens (including phenoxy) is 1. The number of nitrogens with one attached hydrogen (secondary N) is 1. The van der Waals surface area contributed by atoms with Crippen LogP contribution in [0.5, 0.6) is 0 Å². The predicted octanol–water partition coefficient (Wildman–Crippen LogP) is 19.8. The van der Waals surface area contributed by atoms with Gasteiger partial charge in [-0.3, -0.25) is 14.2 Å². The maximum atomic E-state index is 13.5. The van der Waals surface area contributed by atoms with Gasteiger partial charge in [0, 0.05) is 12.8 Å². The molecule has 0 bridgehead atoms. The molecule has 1 N–H and O–H groups in total. The summed E-state index contributed by atoms with van der Waals surface area (Å²) in [5.41, 5.74) is 0. The smallest absolute Gasteiger partial charge is 0.306 e. The SMILES string of the molecule is CCCCC/C=C\C/C=C\C/C=C\CCCCCCC(=O)NC(COP(=O)([O-])OCC[N+](C)(C)C)C(/C=C\CCCCCCCCCCCC)OC(=O)CCCCCCCCCCCCCCC/C=C\C/C=C\CCCCC. The Balaban J connectivity index is 5.18. The number of phosphoric acid groups is 1. The van der Waals surface area contributed by atoms with Gasteiger partial charge in [0.1, 0.15) is 19.3 Å². The molecule has 10 heteroatoms. The molecule has 0 aliphatic heterocycles. The van der Waals surface area contributed by atoms with E-state index in [1.807, 2.05) is 33.3 Å². The third-order valence-corrected chi connectivity index (χ3v) is 15.3. The average molecular weight is 1110 g/mol. The molecular weight excluding hydrogens is 988 g/mol. The molecule has 0 aliphatic carbocycles. The molecule has 3 unspecified atom stereocenters. The standard InChI is InChI=1S/C68H125N2O7P/c1-7-10-13-16-19-22-25-28-30-32-33-34-35-36-37-39-41-43-46-49-52-55-58-61-68(72)77-66(59-56-53-50-47-44-27-24-21-18-15-12-9-3)65(64-76-78(73,74)75-63-62-70(4,5)6)69-67(71)60-57-54-51-48-45-42-40-38-31-29-26-23-20-17-14-11-8-2/h19-20,22-23,28-31,40,42,56,59,65-66H,7-18,21,24-27,32-39,41,43-55,57-58,60-64H2,1-6H3,(H-,69,71,73,74)/b22-19-,23-20-,30-28-,31-29-,42-40-,59-56-. The van der Waals surface area contributed by atoms with Gasteiger partial charge in [0.25, 0.3) is 7.82 Å². The fraction of sp³-hybridized carbons (Fsp3) is 0.794. The zero-order valence-electron chi connectivity index (χ0n) is 51.9. The molecule has 0 radical (unpaired) electrons. The minimum Gasteiger partial charge on any atom is -0.756 e. The average Bonchev–Trinajstić information content (AvgIpc) is 3.40. The number of rotatable bonds is 59. The number of amides is 1. The van der Waals surface area contributed by atoms with Crippen molar-refractivity contribution in [3.05, 3.63) is 72.9 Å². The van der Waals surface area contributed by atoms with Crippen molar-refractivity contribution in [3.63, 3.8) is 0 Å². The Kier molecular flexibility index (Phi) is 55.8. The van der Waals surface area contributed by atoms with Crippen LogP contribution in [0.4, 0.5) is 0 Å². The molecule has 0 aliphatic rings. The Morgan fingerprint density at radius 2 is 0.782 bits per heavy atom. The van der Waals surface area contributed by atoms with Crippen molar-refractivity contribution in [2.24, 2.45) is 0 Å². The first-order valence-corrected chi connectivity index (χ1v) is 34.2. The largest absolute Gasteiger partial charge is 0.756 e. The molecule has 0 aromatic heterocycles. The molecule has 0 rings (SSSR count). The lowest BCUT2D eigenvalue weighted by Crippen LogP contribution is -2.47. The van der Waals surface area contributed by atoms with Crippen LogP contribution >= 0.6 is 7.82 Å². The lowest BCUT2D eigenvalue weighted by molar-refractivity contribution is -0.870. The minimum absolute atomic E-state index is 0.0286. The normalized spacial score (nSPS) is 14.1. The number of hydrogen-bond donors (Lipinski definition) is 1. The number of likely N-dealkylation sites (N-methyl/N-ethyl adjacent to an activating group) is 1. The summed E-state index contributed by atoms with van der Waals surface area (Å²) in [5.74, 6) is -0.562. The summed E-state index contributed by atoms with van der Waals surface area (Å²) < 4.78 is 30.3. The summed E-state index contributed by atoms with van der Waals surface area (Å²) in [5, 5.41) is 3.02. The van der Waals surface area contributed by atoms with Crippen LogP contribution in [0.1, 0.15) is 297 Å². The summed E-state index contributed by atoms with van der Waals surface area (Å²) in [6.07, 6.45) is 74.4. The Hall–Kier alpha value is -2.55. The van der Waals surface area contributed by atoms with Gasteiger partial charge in [0.05, 0.1) is 33.8 Å². The Labute approximate surface area is 483 Å². The van der Waals surface area contributed by atoms with Crippen molar-refractivity contribution < 1.29 is 37.3 Å². The number of carbonyl (C=O) groups is 2. The molecule has 9 nitrogen and oxygen atoms in total. The van der Waals surface area contributed by atoms with Crippen molar-refractivity contribution in [1.82, 2.24) is 5.32 Å². The number of unbranched alkanes of at least 4 members (excludes halogenated alkanes) is 33. The number of esters is 1. The number of carbonyl (C=O) groups excluding carboxylic acids is 2. The van der Waals surface area contributed by atoms with Crippen LogP contribution in [-0.4, -0.2) is 69.4 Å². The van der Waals surface area contributed by atoms with Gasteiger partial charge in [-0.1, -0.05) is 255 Å². The molecule has 0 aromatic rings.